The Hall–Kier alpha value is -3.90. The normalized spacial score (nSPS) is 20.3. The quantitative estimate of drug-likeness (QED) is 0.363. The van der Waals surface area contributed by atoms with Gasteiger partial charge in [-0.15, -0.1) is 5.10 Å². The van der Waals surface area contributed by atoms with Crippen molar-refractivity contribution >= 4 is 35.0 Å². The molecule has 0 radical (unpaired) electrons. The van der Waals surface area contributed by atoms with Crippen LogP contribution in [0.5, 0.6) is 5.88 Å². The highest BCUT2D eigenvalue weighted by Gasteiger charge is 2.42. The standard InChI is InChI=1S/C27H27F5N6O2/c1-14(8-22(29)30)18-10-17-9-16(4-5-20(17)33-11-18)23-19(28)12-38-24(23)25(40-3)35-26(36-38)34-21-6-7-37(15(2)39)13-27(21,31)32/h4-5,9,11-12,14,18,22H,6-8,10,13H2,1-3H3/b34-21+/t14-,18+/m1/s1. The second kappa shape index (κ2) is 10.6. The van der Waals surface area contributed by atoms with Gasteiger partial charge in [0, 0.05) is 38.4 Å². The van der Waals surface area contributed by atoms with E-state index in [0.717, 1.165) is 21.2 Å². The molecule has 2 aliphatic heterocycles. The summed E-state index contributed by atoms with van der Waals surface area (Å²) in [7, 11) is 1.31. The molecule has 1 amide bonds. The molecule has 1 aromatic carbocycles. The fraction of sp³-hybridized carbons (Fsp3) is 0.444. The molecule has 0 spiro atoms. The van der Waals surface area contributed by atoms with Crippen LogP contribution in [0.4, 0.5) is 33.6 Å². The number of amides is 1. The lowest BCUT2D eigenvalue weighted by atomic mass is 9.84. The van der Waals surface area contributed by atoms with Crippen molar-refractivity contribution in [2.24, 2.45) is 21.8 Å². The molecule has 2 aromatic heterocycles. The molecular weight excluding hydrogens is 535 g/mol. The van der Waals surface area contributed by atoms with Gasteiger partial charge >= 0.3 is 5.92 Å². The highest BCUT2D eigenvalue weighted by molar-refractivity contribution is 5.95. The van der Waals surface area contributed by atoms with E-state index in [2.05, 4.69) is 20.1 Å². The summed E-state index contributed by atoms with van der Waals surface area (Å²) in [5.41, 5.74) is 1.75. The van der Waals surface area contributed by atoms with Gasteiger partial charge in [0.1, 0.15) is 5.52 Å². The number of fused-ring (bicyclic) bond motifs is 2. The van der Waals surface area contributed by atoms with Gasteiger partial charge in [0.15, 0.2) is 5.82 Å². The van der Waals surface area contributed by atoms with Crippen LogP contribution in [-0.2, 0) is 11.2 Å². The minimum absolute atomic E-state index is 0.0723. The van der Waals surface area contributed by atoms with E-state index in [1.807, 2.05) is 0 Å². The van der Waals surface area contributed by atoms with Crippen molar-refractivity contribution in [1.82, 2.24) is 19.5 Å². The van der Waals surface area contributed by atoms with Crippen LogP contribution in [0.1, 0.15) is 32.3 Å². The van der Waals surface area contributed by atoms with E-state index in [4.69, 9.17) is 4.74 Å². The molecule has 5 rings (SSSR count). The fourth-order valence-electron chi connectivity index (χ4n) is 5.15. The molecule has 13 heteroatoms. The number of ether oxygens (including phenoxy) is 1. The first-order valence-electron chi connectivity index (χ1n) is 12.8. The zero-order valence-electron chi connectivity index (χ0n) is 22.0. The zero-order valence-corrected chi connectivity index (χ0v) is 22.0. The number of carbonyl (C=O) groups is 1. The third-order valence-corrected chi connectivity index (χ3v) is 7.36. The first-order valence-corrected chi connectivity index (χ1v) is 12.8. The molecule has 1 fully saturated rings. The Morgan fingerprint density at radius 1 is 1.30 bits per heavy atom. The molecule has 0 N–H and O–H groups in total. The van der Waals surface area contributed by atoms with Crippen molar-refractivity contribution in [1.29, 1.82) is 0 Å². The lowest BCUT2D eigenvalue weighted by molar-refractivity contribution is -0.132. The van der Waals surface area contributed by atoms with E-state index in [1.54, 1.807) is 31.3 Å². The van der Waals surface area contributed by atoms with Crippen LogP contribution in [0.3, 0.4) is 0 Å². The van der Waals surface area contributed by atoms with Crippen molar-refractivity contribution in [3.8, 4) is 17.0 Å². The van der Waals surface area contributed by atoms with Crippen molar-refractivity contribution in [2.75, 3.05) is 20.2 Å². The van der Waals surface area contributed by atoms with Crippen LogP contribution >= 0.6 is 0 Å². The monoisotopic (exact) mass is 562 g/mol. The highest BCUT2D eigenvalue weighted by Crippen LogP contribution is 2.39. The molecule has 2 atom stereocenters. The van der Waals surface area contributed by atoms with Crippen molar-refractivity contribution in [3.05, 3.63) is 35.8 Å². The van der Waals surface area contributed by atoms with Crippen LogP contribution in [0.15, 0.2) is 34.4 Å². The molecule has 1 saturated heterocycles. The number of hydrogen-bond donors (Lipinski definition) is 0. The molecule has 0 aliphatic carbocycles. The second-order valence-electron chi connectivity index (χ2n) is 10.1. The van der Waals surface area contributed by atoms with E-state index >= 15 is 4.39 Å². The maximum Gasteiger partial charge on any atom is 0.303 e. The van der Waals surface area contributed by atoms with Gasteiger partial charge in [-0.1, -0.05) is 13.0 Å². The van der Waals surface area contributed by atoms with Crippen molar-refractivity contribution in [3.63, 3.8) is 0 Å². The minimum Gasteiger partial charge on any atom is -0.479 e. The molecule has 8 nitrogen and oxygen atoms in total. The summed E-state index contributed by atoms with van der Waals surface area (Å²) in [4.78, 5) is 25.1. The van der Waals surface area contributed by atoms with Crippen molar-refractivity contribution in [2.45, 2.75) is 45.5 Å². The van der Waals surface area contributed by atoms with Gasteiger partial charge in [-0.05, 0) is 35.6 Å². The average Bonchev–Trinajstić information content (AvgIpc) is 3.23. The van der Waals surface area contributed by atoms with Gasteiger partial charge in [-0.2, -0.15) is 13.8 Å². The summed E-state index contributed by atoms with van der Waals surface area (Å²) < 4.78 is 77.1. The van der Waals surface area contributed by atoms with Gasteiger partial charge in [0.25, 0.3) is 5.95 Å². The third kappa shape index (κ3) is 5.28. The van der Waals surface area contributed by atoms with Crippen LogP contribution in [0, 0.1) is 17.7 Å². The Morgan fingerprint density at radius 3 is 2.75 bits per heavy atom. The van der Waals surface area contributed by atoms with Crippen LogP contribution in [0.25, 0.3) is 16.6 Å². The fourth-order valence-corrected chi connectivity index (χ4v) is 5.15. The predicted octanol–water partition coefficient (Wildman–Crippen LogP) is 5.67. The number of aliphatic imine (C=N–C) groups is 2. The minimum atomic E-state index is -3.38. The predicted molar refractivity (Wildman–Crippen MR) is 139 cm³/mol. The molecule has 212 valence electrons. The van der Waals surface area contributed by atoms with Gasteiger partial charge < -0.3 is 9.64 Å². The topological polar surface area (TPSA) is 84.5 Å². The molecule has 40 heavy (non-hydrogen) atoms. The number of aromatic nitrogens is 3. The van der Waals surface area contributed by atoms with Gasteiger partial charge in [0.05, 0.1) is 36.8 Å². The van der Waals surface area contributed by atoms with Gasteiger partial charge in [-0.25, -0.2) is 22.7 Å². The molecule has 3 aromatic rings. The first kappa shape index (κ1) is 27.7. The summed E-state index contributed by atoms with van der Waals surface area (Å²) >= 11 is 0. The van der Waals surface area contributed by atoms with Crippen molar-refractivity contribution < 1.29 is 31.5 Å². The summed E-state index contributed by atoms with van der Waals surface area (Å²) in [5, 5.41) is 4.14. The molecular formula is C27H27F5N6O2. The Morgan fingerprint density at radius 2 is 2.08 bits per heavy atom. The maximum absolute atomic E-state index is 15.4. The summed E-state index contributed by atoms with van der Waals surface area (Å²) in [6.45, 7) is 2.26. The number of likely N-dealkylation sites (tertiary alicyclic amines) is 1. The van der Waals surface area contributed by atoms with E-state index in [0.29, 0.717) is 17.7 Å². The first-order chi connectivity index (χ1) is 19.0. The Balaban J connectivity index is 1.50. The molecule has 0 saturated carbocycles. The third-order valence-electron chi connectivity index (χ3n) is 7.36. The van der Waals surface area contributed by atoms with Crippen LogP contribution in [-0.4, -0.2) is 69.9 Å². The average molecular weight is 563 g/mol. The smallest absolute Gasteiger partial charge is 0.303 e. The lowest BCUT2D eigenvalue weighted by Crippen LogP contribution is -2.50. The number of piperidine rings is 1. The molecule has 0 bridgehead atoms. The van der Waals surface area contributed by atoms with E-state index in [-0.39, 0.29) is 54.1 Å². The number of halogens is 5. The summed E-state index contributed by atoms with van der Waals surface area (Å²) in [5.74, 6) is -5.38. The maximum atomic E-state index is 15.4. The van der Waals surface area contributed by atoms with Crippen LogP contribution < -0.4 is 4.74 Å². The zero-order chi connectivity index (χ0) is 28.8. The number of alkyl halides is 4. The molecule has 0 unspecified atom stereocenters. The Labute approximate surface area is 226 Å². The number of benzene rings is 1. The highest BCUT2D eigenvalue weighted by atomic mass is 19.3. The SMILES string of the molecule is COc1nc(/N=C2\CCN(C(C)=O)CC2(F)F)nn2cc(F)c(-c3ccc4c(c3)C[C@H]([C@H](C)CC(F)F)C=N4)c12. The Bertz CT molecular complexity index is 1520. The van der Waals surface area contributed by atoms with E-state index in [1.165, 1.54) is 14.0 Å². The lowest BCUT2D eigenvalue weighted by Gasteiger charge is -2.32. The summed E-state index contributed by atoms with van der Waals surface area (Å²) in [6, 6.07) is 5.15. The van der Waals surface area contributed by atoms with E-state index < -0.39 is 36.3 Å². The van der Waals surface area contributed by atoms with E-state index in [9.17, 15) is 22.4 Å². The van der Waals surface area contributed by atoms with Crippen LogP contribution in [0.2, 0.25) is 0 Å². The Kier molecular flexibility index (Phi) is 7.32. The number of methoxy groups -OCH3 is 1. The van der Waals surface area contributed by atoms with Gasteiger partial charge in [0.2, 0.25) is 18.2 Å². The number of nitrogens with zero attached hydrogens (tertiary/aromatic N) is 6. The second-order valence-corrected chi connectivity index (χ2v) is 10.1. The van der Waals surface area contributed by atoms with Gasteiger partial charge in [-0.3, -0.25) is 9.79 Å². The number of rotatable bonds is 6. The largest absolute Gasteiger partial charge is 0.479 e. The molecule has 4 heterocycles. The number of carbonyl (C=O) groups excluding carboxylic acids is 1. The number of hydrogen-bond acceptors (Lipinski definition) is 6. The molecule has 2 aliphatic rings. The summed E-state index contributed by atoms with van der Waals surface area (Å²) in [6.07, 6.45) is 0.415.